The number of nitrogens with two attached hydrogens (primary N) is 1. The van der Waals surface area contributed by atoms with E-state index in [9.17, 15) is 0 Å². The van der Waals surface area contributed by atoms with E-state index in [0.717, 1.165) is 18.5 Å². The average Bonchev–Trinajstić information content (AvgIpc) is 2.29. The van der Waals surface area contributed by atoms with Crippen molar-refractivity contribution in [1.82, 2.24) is 0 Å². The van der Waals surface area contributed by atoms with Crippen LogP contribution in [0.2, 0.25) is 5.02 Å². The van der Waals surface area contributed by atoms with E-state index in [2.05, 4.69) is 11.1 Å². The van der Waals surface area contributed by atoms with Gasteiger partial charge in [0.2, 0.25) is 0 Å². The summed E-state index contributed by atoms with van der Waals surface area (Å²) in [6.45, 7) is 0.445. The molecule has 0 atom stereocenters. The molecule has 1 aliphatic rings. The van der Waals surface area contributed by atoms with E-state index in [1.165, 1.54) is 0 Å². The molecule has 4 heteroatoms. The van der Waals surface area contributed by atoms with E-state index >= 15 is 0 Å². The number of hydrogen-bond acceptors (Lipinski definition) is 3. The number of nitrogen functional groups attached to an aromatic ring is 1. The number of aliphatic imine (C=N–C) groups is 1. The Morgan fingerprint density at radius 2 is 2.25 bits per heavy atom. The molecule has 0 radical (unpaired) electrons. The summed E-state index contributed by atoms with van der Waals surface area (Å²) in [5, 5.41) is 0.528. The van der Waals surface area contributed by atoms with Gasteiger partial charge in [-0.05, 0) is 31.0 Å². The summed E-state index contributed by atoms with van der Waals surface area (Å²) in [5.41, 5.74) is 7.17. The summed E-state index contributed by atoms with van der Waals surface area (Å²) in [6.07, 6.45) is 6.01. The molecule has 16 heavy (non-hydrogen) atoms. The maximum atomic E-state index is 5.98. The van der Waals surface area contributed by atoms with Crippen LogP contribution in [0.4, 0.5) is 5.69 Å². The Kier molecular flexibility index (Phi) is 3.47. The summed E-state index contributed by atoms with van der Waals surface area (Å²) >= 11 is 5.98. The first-order valence-electron chi connectivity index (χ1n) is 5.15. The highest BCUT2D eigenvalue weighted by atomic mass is 35.5. The van der Waals surface area contributed by atoms with Crippen molar-refractivity contribution in [3.05, 3.63) is 35.0 Å². The van der Waals surface area contributed by atoms with Crippen LogP contribution in [0.1, 0.15) is 12.8 Å². The molecule has 1 aromatic rings. The Balaban J connectivity index is 1.99. The fraction of sp³-hybridized carbons (Fsp3) is 0.250. The number of rotatable bonds is 3. The third-order valence-electron chi connectivity index (χ3n) is 2.26. The van der Waals surface area contributed by atoms with Gasteiger partial charge in [0.25, 0.3) is 0 Å². The zero-order valence-electron chi connectivity index (χ0n) is 8.82. The van der Waals surface area contributed by atoms with Gasteiger partial charge in [-0.1, -0.05) is 17.7 Å². The van der Waals surface area contributed by atoms with Gasteiger partial charge in [-0.15, -0.1) is 0 Å². The first-order valence-corrected chi connectivity index (χ1v) is 5.53. The molecule has 2 N–H and O–H groups in total. The number of hydrogen-bond donors (Lipinski definition) is 1. The smallest absolute Gasteiger partial charge is 0.138 e. The van der Waals surface area contributed by atoms with Crippen molar-refractivity contribution in [3.63, 3.8) is 0 Å². The van der Waals surface area contributed by atoms with Crippen molar-refractivity contribution < 1.29 is 4.74 Å². The normalized spacial score (nSPS) is 14.7. The minimum absolute atomic E-state index is 0.445. The third-order valence-corrected chi connectivity index (χ3v) is 2.56. The van der Waals surface area contributed by atoms with E-state index < -0.39 is 0 Å². The van der Waals surface area contributed by atoms with Crippen molar-refractivity contribution in [1.29, 1.82) is 0 Å². The second-order valence-electron chi connectivity index (χ2n) is 3.56. The van der Waals surface area contributed by atoms with Gasteiger partial charge in [-0.2, -0.15) is 0 Å². The van der Waals surface area contributed by atoms with Crippen molar-refractivity contribution in [2.75, 3.05) is 12.3 Å². The molecule has 0 aromatic heterocycles. The molecule has 0 amide bonds. The summed E-state index contributed by atoms with van der Waals surface area (Å²) in [5.74, 6) is 0.637. The number of anilines is 1. The minimum atomic E-state index is 0.445. The zero-order valence-corrected chi connectivity index (χ0v) is 9.57. The van der Waals surface area contributed by atoms with Gasteiger partial charge in [0, 0.05) is 11.9 Å². The van der Waals surface area contributed by atoms with Crippen LogP contribution in [0.25, 0.3) is 0 Å². The Labute approximate surface area is 99.6 Å². The summed E-state index contributed by atoms with van der Waals surface area (Å²) < 4.78 is 5.56. The fourth-order valence-electron chi connectivity index (χ4n) is 1.44. The molecule has 0 aliphatic carbocycles. The van der Waals surface area contributed by atoms with E-state index in [0.29, 0.717) is 23.1 Å². The summed E-state index contributed by atoms with van der Waals surface area (Å²) in [6, 6.07) is 5.21. The maximum Gasteiger partial charge on any atom is 0.138 e. The van der Waals surface area contributed by atoms with Gasteiger partial charge in [-0.3, -0.25) is 4.99 Å². The van der Waals surface area contributed by atoms with Gasteiger partial charge >= 0.3 is 0 Å². The minimum Gasteiger partial charge on any atom is -0.486 e. The Morgan fingerprint density at radius 3 is 2.94 bits per heavy atom. The summed E-state index contributed by atoms with van der Waals surface area (Å²) in [7, 11) is 0. The molecule has 2 rings (SSSR count). The van der Waals surface area contributed by atoms with Gasteiger partial charge in [0.05, 0.1) is 10.7 Å². The monoisotopic (exact) mass is 236 g/mol. The molecular formula is C12H13ClN2O. The van der Waals surface area contributed by atoms with Gasteiger partial charge in [0.1, 0.15) is 12.4 Å². The second-order valence-corrected chi connectivity index (χ2v) is 3.97. The molecular weight excluding hydrogens is 224 g/mol. The van der Waals surface area contributed by atoms with E-state index in [4.69, 9.17) is 22.1 Å². The van der Waals surface area contributed by atoms with Crippen molar-refractivity contribution in [2.45, 2.75) is 12.8 Å². The average molecular weight is 237 g/mol. The predicted octanol–water partition coefficient (Wildman–Crippen LogP) is 3.05. The maximum absolute atomic E-state index is 5.98. The quantitative estimate of drug-likeness (QED) is 0.820. The standard InChI is InChI=1S/C12H13ClN2O/c13-11-7-9(14)4-5-12(11)16-8-10-3-1-2-6-15-10/h3-7H,1-2,8,14H2. The number of nitrogens with zero attached hydrogens (tertiary/aromatic N) is 1. The van der Waals surface area contributed by atoms with Crippen LogP contribution in [0, 0.1) is 0 Å². The van der Waals surface area contributed by atoms with Crippen LogP contribution in [-0.2, 0) is 0 Å². The zero-order chi connectivity index (χ0) is 11.4. The van der Waals surface area contributed by atoms with Crippen LogP contribution in [0.3, 0.4) is 0 Å². The highest BCUT2D eigenvalue weighted by Gasteiger charge is 2.04. The van der Waals surface area contributed by atoms with E-state index in [1.807, 2.05) is 6.21 Å². The molecule has 84 valence electrons. The lowest BCUT2D eigenvalue weighted by Crippen LogP contribution is -2.02. The molecule has 0 unspecified atom stereocenters. The molecule has 1 aromatic carbocycles. The second kappa shape index (κ2) is 5.03. The molecule has 3 nitrogen and oxygen atoms in total. The van der Waals surface area contributed by atoms with Crippen molar-refractivity contribution in [3.8, 4) is 5.75 Å². The molecule has 0 saturated heterocycles. The number of allylic oxidation sites excluding steroid dienone is 1. The SMILES string of the molecule is Nc1ccc(OCC2=CCCC=N2)c(Cl)c1. The van der Waals surface area contributed by atoms with Gasteiger partial charge in [-0.25, -0.2) is 0 Å². The van der Waals surface area contributed by atoms with Crippen LogP contribution < -0.4 is 10.5 Å². The van der Waals surface area contributed by atoms with Gasteiger partial charge < -0.3 is 10.5 Å². The number of halogens is 1. The topological polar surface area (TPSA) is 47.6 Å². The first-order chi connectivity index (χ1) is 7.75. The van der Waals surface area contributed by atoms with Crippen molar-refractivity contribution >= 4 is 23.5 Å². The molecule has 1 heterocycles. The van der Waals surface area contributed by atoms with Crippen molar-refractivity contribution in [2.24, 2.45) is 4.99 Å². The lowest BCUT2D eigenvalue weighted by Gasteiger charge is -2.10. The van der Waals surface area contributed by atoms with Crippen LogP contribution in [0.5, 0.6) is 5.75 Å². The van der Waals surface area contributed by atoms with Crippen LogP contribution in [-0.4, -0.2) is 12.8 Å². The fourth-order valence-corrected chi connectivity index (χ4v) is 1.68. The van der Waals surface area contributed by atoms with Crippen LogP contribution in [0.15, 0.2) is 35.0 Å². The predicted molar refractivity (Wildman–Crippen MR) is 67.2 cm³/mol. The molecule has 0 fully saturated rings. The Hall–Kier alpha value is -1.48. The Bertz CT molecular complexity index is 441. The highest BCUT2D eigenvalue weighted by molar-refractivity contribution is 6.32. The lowest BCUT2D eigenvalue weighted by atomic mass is 10.2. The molecule has 0 saturated carbocycles. The molecule has 0 spiro atoms. The largest absolute Gasteiger partial charge is 0.486 e. The van der Waals surface area contributed by atoms with E-state index in [-0.39, 0.29) is 0 Å². The first kappa shape index (κ1) is 11.0. The van der Waals surface area contributed by atoms with E-state index in [1.54, 1.807) is 18.2 Å². The Morgan fingerprint density at radius 1 is 1.38 bits per heavy atom. The molecule has 1 aliphatic heterocycles. The molecule has 0 bridgehead atoms. The summed E-state index contributed by atoms with van der Waals surface area (Å²) in [4.78, 5) is 4.24. The number of ether oxygens (including phenoxy) is 1. The highest BCUT2D eigenvalue weighted by Crippen LogP contribution is 2.26. The lowest BCUT2D eigenvalue weighted by molar-refractivity contribution is 0.350. The van der Waals surface area contributed by atoms with Crippen LogP contribution >= 0.6 is 11.6 Å². The number of benzene rings is 1. The third kappa shape index (κ3) is 2.76. The van der Waals surface area contributed by atoms with Gasteiger partial charge in [0.15, 0.2) is 0 Å².